The van der Waals surface area contributed by atoms with Crippen LogP contribution in [0.15, 0.2) is 0 Å². The first-order chi connectivity index (χ1) is 42.7. The van der Waals surface area contributed by atoms with Crippen molar-refractivity contribution in [1.82, 2.24) is 0 Å². The van der Waals surface area contributed by atoms with Crippen molar-refractivity contribution in [2.24, 2.45) is 23.7 Å². The Kier molecular flexibility index (Phi) is 58.5. The van der Waals surface area contributed by atoms with Crippen LogP contribution in [0.1, 0.15) is 344 Å². The molecule has 528 valence electrons. The summed E-state index contributed by atoms with van der Waals surface area (Å²) < 4.78 is 68.3. The second kappa shape index (κ2) is 59.8. The molecule has 17 nitrogen and oxygen atoms in total. The van der Waals surface area contributed by atoms with Crippen molar-refractivity contribution >= 4 is 39.5 Å². The third-order valence-corrected chi connectivity index (χ3v) is 19.1. The highest BCUT2D eigenvalue weighted by atomic mass is 31.2. The lowest BCUT2D eigenvalue weighted by atomic mass is 9.99. The Hall–Kier alpha value is -1.94. The predicted octanol–water partition coefficient (Wildman–Crippen LogP) is 19.7. The van der Waals surface area contributed by atoms with Crippen molar-refractivity contribution in [2.75, 3.05) is 39.6 Å². The fourth-order valence-corrected chi connectivity index (χ4v) is 12.0. The van der Waals surface area contributed by atoms with Crippen molar-refractivity contribution in [3.05, 3.63) is 0 Å². The van der Waals surface area contributed by atoms with E-state index in [4.69, 9.17) is 37.0 Å². The van der Waals surface area contributed by atoms with Gasteiger partial charge in [0.05, 0.1) is 26.4 Å². The fourth-order valence-electron chi connectivity index (χ4n) is 10.4. The van der Waals surface area contributed by atoms with E-state index in [1.165, 1.54) is 141 Å². The summed E-state index contributed by atoms with van der Waals surface area (Å²) in [6.07, 6.45) is 41.5. The van der Waals surface area contributed by atoms with Crippen molar-refractivity contribution in [2.45, 2.75) is 363 Å². The molecule has 0 bridgehead atoms. The first kappa shape index (κ1) is 87.1. The van der Waals surface area contributed by atoms with Crippen molar-refractivity contribution in [1.29, 1.82) is 0 Å². The number of phosphoric ester groups is 2. The number of esters is 4. The molecule has 0 saturated heterocycles. The van der Waals surface area contributed by atoms with Crippen LogP contribution in [-0.4, -0.2) is 96.7 Å². The predicted molar refractivity (Wildman–Crippen MR) is 358 cm³/mol. The molecule has 5 unspecified atom stereocenters. The summed E-state index contributed by atoms with van der Waals surface area (Å²) in [5, 5.41) is 10.6. The summed E-state index contributed by atoms with van der Waals surface area (Å²) in [5.41, 5.74) is 0. The van der Waals surface area contributed by atoms with Crippen LogP contribution in [0.25, 0.3) is 0 Å². The lowest BCUT2D eigenvalue weighted by Crippen LogP contribution is -2.30. The monoisotopic (exact) mass is 1310 g/mol. The van der Waals surface area contributed by atoms with Gasteiger partial charge in [-0.2, -0.15) is 0 Å². The standard InChI is InChI=1S/C70H136O17P2/c1-9-61(6)47-39-31-23-17-13-15-19-27-37-45-53-70(75)87-66(57-81-68(73)51-43-35-29-28-33-41-49-63(8)11-3)59-85-89(78,79)83-55-64(71)54-82-88(76,77)84-58-65(56-80-67(72)50-42-34-25-21-20-24-32-40-48-62(7)10-2)86-69(74)52-44-36-26-18-14-12-16-22-30-38-46-60(4)5/h60-66,71H,9-59H2,1-8H3,(H,76,77)(H,78,79)/t61?,62?,63?,64-,65-,66-/m1/s1. The van der Waals surface area contributed by atoms with Gasteiger partial charge in [-0.05, 0) is 49.4 Å². The smallest absolute Gasteiger partial charge is 0.462 e. The number of unbranched alkanes of at least 4 members (excludes halogenated alkanes) is 30. The van der Waals surface area contributed by atoms with Gasteiger partial charge < -0.3 is 33.8 Å². The lowest BCUT2D eigenvalue weighted by molar-refractivity contribution is -0.161. The number of phosphoric acid groups is 2. The molecule has 0 fully saturated rings. The summed E-state index contributed by atoms with van der Waals surface area (Å²) in [7, 11) is -9.90. The van der Waals surface area contributed by atoms with E-state index < -0.39 is 97.5 Å². The van der Waals surface area contributed by atoms with Gasteiger partial charge in [0, 0.05) is 25.7 Å². The van der Waals surface area contributed by atoms with Gasteiger partial charge in [-0.15, -0.1) is 0 Å². The summed E-state index contributed by atoms with van der Waals surface area (Å²) in [5.74, 6) is 0.933. The van der Waals surface area contributed by atoms with Crippen LogP contribution < -0.4 is 0 Å². The highest BCUT2D eigenvalue weighted by Crippen LogP contribution is 2.45. The molecule has 19 heteroatoms. The largest absolute Gasteiger partial charge is 0.472 e. The number of carbonyl (C=O) groups is 4. The third kappa shape index (κ3) is 60.7. The third-order valence-electron chi connectivity index (χ3n) is 17.2. The number of aliphatic hydroxyl groups is 1. The van der Waals surface area contributed by atoms with E-state index in [0.29, 0.717) is 25.7 Å². The van der Waals surface area contributed by atoms with E-state index in [2.05, 4.69) is 55.4 Å². The minimum absolute atomic E-state index is 0.105. The highest BCUT2D eigenvalue weighted by Gasteiger charge is 2.30. The maximum atomic E-state index is 13.0. The molecule has 0 aromatic carbocycles. The Morgan fingerprint density at radius 1 is 0.315 bits per heavy atom. The SMILES string of the molecule is CCC(C)CCCCCCCCCCCCC(=O)O[C@H](COC(=O)CCCCCCCCC(C)CC)COP(=O)(O)OC[C@H](O)COP(=O)(O)OC[C@@H](COC(=O)CCCCCCCCCCC(C)CC)OC(=O)CCCCCCCCCCCCC(C)C. The summed E-state index contributed by atoms with van der Waals surface area (Å²) in [4.78, 5) is 72.6. The second-order valence-corrected chi connectivity index (χ2v) is 29.4. The molecule has 0 saturated carbocycles. The van der Waals surface area contributed by atoms with Crippen LogP contribution in [0, 0.1) is 23.7 Å². The average Bonchev–Trinajstić information content (AvgIpc) is 3.66. The number of carbonyl (C=O) groups excluding carboxylic acids is 4. The number of hydrogen-bond donors (Lipinski definition) is 3. The Morgan fingerprint density at radius 2 is 0.539 bits per heavy atom. The molecular weight excluding hydrogens is 1170 g/mol. The Bertz CT molecular complexity index is 1770. The number of aliphatic hydroxyl groups excluding tert-OH is 1. The summed E-state index contributed by atoms with van der Waals surface area (Å²) in [6, 6.07) is 0. The zero-order valence-electron chi connectivity index (χ0n) is 58.1. The zero-order valence-corrected chi connectivity index (χ0v) is 59.8. The van der Waals surface area contributed by atoms with Crippen LogP contribution in [0.5, 0.6) is 0 Å². The topological polar surface area (TPSA) is 237 Å². The maximum absolute atomic E-state index is 13.0. The van der Waals surface area contributed by atoms with Crippen molar-refractivity contribution in [3.8, 4) is 0 Å². The molecule has 89 heavy (non-hydrogen) atoms. The van der Waals surface area contributed by atoms with E-state index in [9.17, 15) is 43.2 Å². The summed E-state index contributed by atoms with van der Waals surface area (Å²) >= 11 is 0. The fraction of sp³-hybridized carbons (Fsp3) is 0.943. The van der Waals surface area contributed by atoms with E-state index >= 15 is 0 Å². The number of hydrogen-bond acceptors (Lipinski definition) is 15. The molecule has 0 rings (SSSR count). The molecule has 0 spiro atoms. The van der Waals surface area contributed by atoms with E-state index in [1.807, 2.05) is 0 Å². The molecule has 0 amide bonds. The van der Waals surface area contributed by atoms with Crippen LogP contribution >= 0.6 is 15.6 Å². The molecule has 0 radical (unpaired) electrons. The van der Waals surface area contributed by atoms with E-state index in [1.54, 1.807) is 0 Å². The van der Waals surface area contributed by atoms with Gasteiger partial charge in [0.2, 0.25) is 0 Å². The van der Waals surface area contributed by atoms with Crippen molar-refractivity contribution < 1.29 is 80.2 Å². The Labute approximate surface area is 543 Å². The zero-order chi connectivity index (χ0) is 66.1. The molecule has 0 aliphatic heterocycles. The second-order valence-electron chi connectivity index (χ2n) is 26.5. The first-order valence-corrected chi connectivity index (χ1v) is 39.3. The van der Waals surface area contributed by atoms with Gasteiger partial charge in [0.25, 0.3) is 0 Å². The average molecular weight is 1310 g/mol. The van der Waals surface area contributed by atoms with Crippen LogP contribution in [-0.2, 0) is 65.4 Å². The maximum Gasteiger partial charge on any atom is 0.472 e. The minimum Gasteiger partial charge on any atom is -0.462 e. The Morgan fingerprint density at radius 3 is 0.798 bits per heavy atom. The van der Waals surface area contributed by atoms with Gasteiger partial charge in [-0.25, -0.2) is 9.13 Å². The number of rotatable bonds is 67. The molecule has 0 heterocycles. The van der Waals surface area contributed by atoms with Gasteiger partial charge in [0.1, 0.15) is 19.3 Å². The normalized spacial score (nSPS) is 15.2. The van der Waals surface area contributed by atoms with Crippen molar-refractivity contribution in [3.63, 3.8) is 0 Å². The van der Waals surface area contributed by atoms with Crippen LogP contribution in [0.3, 0.4) is 0 Å². The Balaban J connectivity index is 5.28. The van der Waals surface area contributed by atoms with Gasteiger partial charge in [-0.3, -0.25) is 37.3 Å². The molecule has 8 atom stereocenters. The molecule has 0 aromatic rings. The quantitative estimate of drug-likeness (QED) is 0.0222. The molecule has 3 N–H and O–H groups in total. The minimum atomic E-state index is -4.95. The first-order valence-electron chi connectivity index (χ1n) is 36.3. The number of ether oxygens (including phenoxy) is 4. The van der Waals surface area contributed by atoms with E-state index in [0.717, 1.165) is 120 Å². The molecule has 0 aromatic heterocycles. The van der Waals surface area contributed by atoms with Gasteiger partial charge in [-0.1, -0.05) is 293 Å². The lowest BCUT2D eigenvalue weighted by Gasteiger charge is -2.21. The van der Waals surface area contributed by atoms with Gasteiger partial charge >= 0.3 is 39.5 Å². The molecule has 0 aliphatic carbocycles. The van der Waals surface area contributed by atoms with Crippen LogP contribution in [0.2, 0.25) is 0 Å². The molecular formula is C70H136O17P2. The highest BCUT2D eigenvalue weighted by molar-refractivity contribution is 7.47. The van der Waals surface area contributed by atoms with Gasteiger partial charge in [0.15, 0.2) is 12.2 Å². The van der Waals surface area contributed by atoms with Crippen LogP contribution in [0.4, 0.5) is 0 Å². The molecule has 0 aliphatic rings. The summed E-state index contributed by atoms with van der Waals surface area (Å²) in [6.45, 7) is 14.1. The van der Waals surface area contributed by atoms with E-state index in [-0.39, 0.29) is 25.7 Å².